The summed E-state index contributed by atoms with van der Waals surface area (Å²) >= 11 is 0. The Morgan fingerprint density at radius 1 is 1.67 bits per heavy atom. The third kappa shape index (κ3) is 1.03. The highest BCUT2D eigenvalue weighted by Gasteiger charge is 2.45. The van der Waals surface area contributed by atoms with Crippen molar-refractivity contribution in [3.05, 3.63) is 0 Å². The van der Waals surface area contributed by atoms with Crippen LogP contribution in [0.25, 0.3) is 0 Å². The molecule has 0 aliphatic carbocycles. The van der Waals surface area contributed by atoms with E-state index >= 15 is 0 Å². The minimum Gasteiger partial charge on any atom is -0.388 e. The van der Waals surface area contributed by atoms with E-state index in [0.29, 0.717) is 6.61 Å². The van der Waals surface area contributed by atoms with Crippen molar-refractivity contribution in [2.45, 2.75) is 31.6 Å². The van der Waals surface area contributed by atoms with Gasteiger partial charge in [-0.1, -0.05) is 0 Å². The van der Waals surface area contributed by atoms with Crippen LogP contribution < -0.4 is 0 Å². The highest BCUT2D eigenvalue weighted by molar-refractivity contribution is 5.74. The lowest BCUT2D eigenvalue weighted by atomic mass is 10.1. The number of carbonyl (C=O) groups is 1. The van der Waals surface area contributed by atoms with Crippen molar-refractivity contribution in [3.63, 3.8) is 0 Å². The number of aliphatic hydroxyl groups is 1. The summed E-state index contributed by atoms with van der Waals surface area (Å²) in [5, 5.41) is 9.50. The molecule has 1 N–H and O–H groups in total. The quantitative estimate of drug-likeness (QED) is 0.528. The zero-order valence-corrected chi connectivity index (χ0v) is 7.06. The van der Waals surface area contributed by atoms with Crippen LogP contribution in [0.4, 0.5) is 0 Å². The molecule has 4 heteroatoms. The van der Waals surface area contributed by atoms with Crippen LogP contribution in [0.15, 0.2) is 0 Å². The van der Waals surface area contributed by atoms with Crippen LogP contribution in [0.3, 0.4) is 0 Å². The zero-order chi connectivity index (χ0) is 8.72. The molecule has 0 spiro atoms. The first-order valence-corrected chi connectivity index (χ1v) is 4.27. The molecule has 0 aromatic heterocycles. The Morgan fingerprint density at radius 2 is 2.42 bits per heavy atom. The smallest absolute Gasteiger partial charge is 0.219 e. The minimum atomic E-state index is -0.485. The summed E-state index contributed by atoms with van der Waals surface area (Å²) in [5.41, 5.74) is 0. The topological polar surface area (TPSA) is 49.8 Å². The summed E-state index contributed by atoms with van der Waals surface area (Å²) < 4.78 is 5.33. The van der Waals surface area contributed by atoms with Gasteiger partial charge in [0.15, 0.2) is 0 Å². The van der Waals surface area contributed by atoms with Crippen molar-refractivity contribution in [2.24, 2.45) is 0 Å². The number of hydrogen-bond donors (Lipinski definition) is 1. The fourth-order valence-electron chi connectivity index (χ4n) is 2.11. The minimum absolute atomic E-state index is 0.0343. The van der Waals surface area contributed by atoms with Crippen LogP contribution in [0.1, 0.15) is 13.3 Å². The number of aliphatic hydroxyl groups excluding tert-OH is 1. The molecule has 2 aliphatic rings. The highest BCUT2D eigenvalue weighted by atomic mass is 16.5. The Bertz CT molecular complexity index is 206. The van der Waals surface area contributed by atoms with Crippen molar-refractivity contribution in [2.75, 3.05) is 13.2 Å². The second-order valence-electron chi connectivity index (χ2n) is 3.43. The molecule has 0 radical (unpaired) electrons. The molecule has 3 atom stereocenters. The number of fused-ring (bicyclic) bond motifs is 1. The first kappa shape index (κ1) is 8.01. The first-order chi connectivity index (χ1) is 5.70. The van der Waals surface area contributed by atoms with Gasteiger partial charge in [0.2, 0.25) is 5.91 Å². The van der Waals surface area contributed by atoms with Gasteiger partial charge in [-0.15, -0.1) is 0 Å². The summed E-state index contributed by atoms with van der Waals surface area (Å²) in [6, 6.07) is -0.0810. The number of rotatable bonds is 0. The number of carbonyl (C=O) groups excluding carboxylic acids is 1. The highest BCUT2D eigenvalue weighted by Crippen LogP contribution is 2.29. The predicted octanol–water partition coefficient (Wildman–Crippen LogP) is -0.633. The molecule has 68 valence electrons. The van der Waals surface area contributed by atoms with Gasteiger partial charge in [0.1, 0.15) is 6.10 Å². The molecule has 0 aromatic carbocycles. The van der Waals surface area contributed by atoms with Gasteiger partial charge in [0.25, 0.3) is 0 Å². The van der Waals surface area contributed by atoms with E-state index in [9.17, 15) is 9.90 Å². The molecular weight excluding hydrogens is 158 g/mol. The van der Waals surface area contributed by atoms with Crippen molar-refractivity contribution in [1.82, 2.24) is 4.90 Å². The molecule has 2 saturated heterocycles. The van der Waals surface area contributed by atoms with Crippen LogP contribution in [0.5, 0.6) is 0 Å². The fraction of sp³-hybridized carbons (Fsp3) is 0.875. The Hall–Kier alpha value is -0.610. The molecule has 0 bridgehead atoms. The van der Waals surface area contributed by atoms with Crippen LogP contribution in [-0.4, -0.2) is 47.3 Å². The predicted molar refractivity (Wildman–Crippen MR) is 41.5 cm³/mol. The van der Waals surface area contributed by atoms with Gasteiger partial charge in [-0.25, -0.2) is 0 Å². The monoisotopic (exact) mass is 171 g/mol. The van der Waals surface area contributed by atoms with Gasteiger partial charge in [-0.2, -0.15) is 0 Å². The third-order valence-corrected chi connectivity index (χ3v) is 2.68. The second-order valence-corrected chi connectivity index (χ2v) is 3.43. The van der Waals surface area contributed by atoms with Crippen LogP contribution in [0, 0.1) is 0 Å². The van der Waals surface area contributed by atoms with Gasteiger partial charge in [0, 0.05) is 13.5 Å². The Balaban J connectivity index is 2.14. The SMILES string of the molecule is CC(=O)N1CC[C@H]2OC[C@H](O)[C@H]21. The Morgan fingerprint density at radius 3 is 3.08 bits per heavy atom. The molecule has 0 aromatic rings. The average Bonchev–Trinajstić information content (AvgIpc) is 2.53. The van der Waals surface area contributed by atoms with Crippen molar-refractivity contribution in [3.8, 4) is 0 Å². The molecule has 2 aliphatic heterocycles. The number of amides is 1. The van der Waals surface area contributed by atoms with E-state index in [1.165, 1.54) is 6.92 Å². The van der Waals surface area contributed by atoms with Gasteiger partial charge < -0.3 is 14.7 Å². The maximum Gasteiger partial charge on any atom is 0.219 e. The van der Waals surface area contributed by atoms with E-state index in [2.05, 4.69) is 0 Å². The molecule has 2 rings (SSSR count). The standard InChI is InChI=1S/C8H13NO3/c1-5(10)9-3-2-7-8(9)6(11)4-12-7/h6-8,11H,2-4H2,1H3/t6-,7+,8+/m0/s1. The Kier molecular flexibility index (Phi) is 1.81. The van der Waals surface area contributed by atoms with Gasteiger partial charge >= 0.3 is 0 Å². The van der Waals surface area contributed by atoms with Crippen molar-refractivity contribution >= 4 is 5.91 Å². The molecular formula is C8H13NO3. The zero-order valence-electron chi connectivity index (χ0n) is 7.06. The van der Waals surface area contributed by atoms with E-state index in [1.807, 2.05) is 0 Å². The maximum atomic E-state index is 11.1. The first-order valence-electron chi connectivity index (χ1n) is 4.27. The second kappa shape index (κ2) is 2.71. The lowest BCUT2D eigenvalue weighted by Crippen LogP contribution is -2.42. The summed E-state index contributed by atoms with van der Waals surface area (Å²) in [5.74, 6) is 0.0343. The van der Waals surface area contributed by atoms with Gasteiger partial charge in [-0.05, 0) is 6.42 Å². The van der Waals surface area contributed by atoms with Crippen LogP contribution in [-0.2, 0) is 9.53 Å². The summed E-state index contributed by atoms with van der Waals surface area (Å²) in [7, 11) is 0. The normalized spacial score (nSPS) is 40.2. The van der Waals surface area contributed by atoms with E-state index in [-0.39, 0.29) is 18.1 Å². The van der Waals surface area contributed by atoms with Crippen molar-refractivity contribution in [1.29, 1.82) is 0 Å². The molecule has 2 heterocycles. The van der Waals surface area contributed by atoms with Crippen molar-refractivity contribution < 1.29 is 14.6 Å². The van der Waals surface area contributed by atoms with Crippen LogP contribution in [0.2, 0.25) is 0 Å². The average molecular weight is 171 g/mol. The molecule has 0 saturated carbocycles. The molecule has 4 nitrogen and oxygen atoms in total. The van der Waals surface area contributed by atoms with E-state index in [0.717, 1.165) is 13.0 Å². The van der Waals surface area contributed by atoms with E-state index in [1.54, 1.807) is 4.90 Å². The number of hydrogen-bond acceptors (Lipinski definition) is 3. The molecule has 0 unspecified atom stereocenters. The fourth-order valence-corrected chi connectivity index (χ4v) is 2.11. The Labute approximate surface area is 71.1 Å². The maximum absolute atomic E-state index is 11.1. The molecule has 12 heavy (non-hydrogen) atoms. The number of likely N-dealkylation sites (tertiary alicyclic amines) is 1. The summed E-state index contributed by atoms with van der Waals surface area (Å²) in [6.45, 7) is 2.63. The van der Waals surface area contributed by atoms with Gasteiger partial charge in [0.05, 0.1) is 18.8 Å². The van der Waals surface area contributed by atoms with E-state index in [4.69, 9.17) is 4.74 Å². The lowest BCUT2D eigenvalue weighted by Gasteiger charge is -2.23. The number of nitrogens with zero attached hydrogens (tertiary/aromatic N) is 1. The lowest BCUT2D eigenvalue weighted by molar-refractivity contribution is -0.131. The number of ether oxygens (including phenoxy) is 1. The van der Waals surface area contributed by atoms with Crippen LogP contribution >= 0.6 is 0 Å². The summed E-state index contributed by atoms with van der Waals surface area (Å²) in [6.07, 6.45) is 0.451. The van der Waals surface area contributed by atoms with E-state index < -0.39 is 6.10 Å². The molecule has 2 fully saturated rings. The third-order valence-electron chi connectivity index (χ3n) is 2.68. The van der Waals surface area contributed by atoms with Gasteiger partial charge in [-0.3, -0.25) is 4.79 Å². The molecule has 1 amide bonds. The largest absolute Gasteiger partial charge is 0.388 e. The summed E-state index contributed by atoms with van der Waals surface area (Å²) in [4.78, 5) is 12.8.